The number of thiophene rings is 1. The van der Waals surface area contributed by atoms with Crippen LogP contribution in [0.3, 0.4) is 0 Å². The molecular weight excluding hydrogens is 299 g/mol. The summed E-state index contributed by atoms with van der Waals surface area (Å²) in [7, 11) is 1.73. The van der Waals surface area contributed by atoms with Crippen molar-refractivity contribution >= 4 is 51.8 Å². The second kappa shape index (κ2) is 5.35. The maximum absolute atomic E-state index is 12.0. The predicted octanol–water partition coefficient (Wildman–Crippen LogP) is 3.78. The van der Waals surface area contributed by atoms with Crippen LogP contribution in [0.5, 0.6) is 0 Å². The molecule has 0 saturated carbocycles. The molecule has 2 heterocycles. The van der Waals surface area contributed by atoms with Gasteiger partial charge in [-0.2, -0.15) is 0 Å². The molecule has 2 rings (SSSR count). The van der Waals surface area contributed by atoms with Gasteiger partial charge in [-0.05, 0) is 12.1 Å². The van der Waals surface area contributed by atoms with Crippen LogP contribution in [0, 0.1) is 0 Å². The van der Waals surface area contributed by atoms with E-state index in [0.29, 0.717) is 16.7 Å². The minimum atomic E-state index is -0.141. The first-order chi connectivity index (χ1) is 8.06. The lowest BCUT2D eigenvalue weighted by molar-refractivity contribution is 0.0781. The van der Waals surface area contributed by atoms with Crippen LogP contribution in [-0.4, -0.2) is 22.8 Å². The van der Waals surface area contributed by atoms with Gasteiger partial charge in [0.2, 0.25) is 0 Å². The van der Waals surface area contributed by atoms with E-state index in [1.54, 1.807) is 17.3 Å². The lowest BCUT2D eigenvalue weighted by Crippen LogP contribution is -2.26. The van der Waals surface area contributed by atoms with Gasteiger partial charge >= 0.3 is 0 Å². The Kier molecular flexibility index (Phi) is 4.04. The van der Waals surface area contributed by atoms with Crippen molar-refractivity contribution in [1.29, 1.82) is 0 Å². The fraction of sp³-hybridized carbons (Fsp3) is 0.200. The minimum Gasteiger partial charge on any atom is -0.335 e. The van der Waals surface area contributed by atoms with Crippen molar-refractivity contribution in [2.24, 2.45) is 0 Å². The number of amides is 1. The SMILES string of the molecule is CN(Cc1ccc(Cl)s1)C(=O)c1csc(Cl)n1. The van der Waals surface area contributed by atoms with Crippen LogP contribution in [0.1, 0.15) is 15.4 Å². The van der Waals surface area contributed by atoms with Gasteiger partial charge in [0, 0.05) is 17.3 Å². The van der Waals surface area contributed by atoms with Crippen molar-refractivity contribution in [3.05, 3.63) is 36.9 Å². The smallest absolute Gasteiger partial charge is 0.273 e. The molecule has 0 fully saturated rings. The molecule has 17 heavy (non-hydrogen) atoms. The number of carbonyl (C=O) groups is 1. The molecule has 0 atom stereocenters. The number of hydrogen-bond donors (Lipinski definition) is 0. The molecule has 0 spiro atoms. The number of hydrogen-bond acceptors (Lipinski definition) is 4. The van der Waals surface area contributed by atoms with E-state index in [9.17, 15) is 4.79 Å². The second-order valence-electron chi connectivity index (χ2n) is 3.35. The maximum atomic E-state index is 12.0. The normalized spacial score (nSPS) is 10.5. The number of aromatic nitrogens is 1. The Morgan fingerprint density at radius 2 is 2.24 bits per heavy atom. The average Bonchev–Trinajstić information content (AvgIpc) is 2.87. The van der Waals surface area contributed by atoms with Gasteiger partial charge in [-0.15, -0.1) is 22.7 Å². The van der Waals surface area contributed by atoms with E-state index in [0.717, 1.165) is 9.21 Å². The van der Waals surface area contributed by atoms with Crippen LogP contribution in [0.15, 0.2) is 17.5 Å². The van der Waals surface area contributed by atoms with Crippen LogP contribution in [0.2, 0.25) is 8.80 Å². The Labute approximate surface area is 117 Å². The quantitative estimate of drug-likeness (QED) is 0.864. The largest absolute Gasteiger partial charge is 0.335 e. The fourth-order valence-corrected chi connectivity index (χ4v) is 3.17. The predicted molar refractivity (Wildman–Crippen MR) is 72.3 cm³/mol. The third-order valence-corrected chi connectivity index (χ3v) is 4.26. The molecule has 0 aromatic carbocycles. The van der Waals surface area contributed by atoms with Crippen molar-refractivity contribution in [3.8, 4) is 0 Å². The molecule has 90 valence electrons. The summed E-state index contributed by atoms with van der Waals surface area (Å²) < 4.78 is 1.10. The average molecular weight is 307 g/mol. The Morgan fingerprint density at radius 1 is 1.47 bits per heavy atom. The molecule has 1 amide bonds. The van der Waals surface area contributed by atoms with E-state index in [1.165, 1.54) is 22.7 Å². The maximum Gasteiger partial charge on any atom is 0.273 e. The number of halogens is 2. The van der Waals surface area contributed by atoms with E-state index >= 15 is 0 Å². The first-order valence-corrected chi connectivity index (χ1v) is 7.12. The summed E-state index contributed by atoms with van der Waals surface area (Å²) in [6.45, 7) is 0.519. The number of carbonyl (C=O) groups excluding carboxylic acids is 1. The summed E-state index contributed by atoms with van der Waals surface area (Å²) >= 11 is 14.2. The van der Waals surface area contributed by atoms with Crippen LogP contribution in [-0.2, 0) is 6.54 Å². The second-order valence-corrected chi connectivity index (χ2v) is 6.59. The van der Waals surface area contributed by atoms with Crippen LogP contribution in [0.25, 0.3) is 0 Å². The zero-order valence-corrected chi connectivity index (χ0v) is 12.0. The number of nitrogens with zero attached hydrogens (tertiary/aromatic N) is 2. The van der Waals surface area contributed by atoms with Crippen LogP contribution < -0.4 is 0 Å². The zero-order chi connectivity index (χ0) is 12.4. The molecule has 0 aliphatic rings. The molecule has 7 heteroatoms. The van der Waals surface area contributed by atoms with Crippen molar-refractivity contribution < 1.29 is 4.79 Å². The summed E-state index contributed by atoms with van der Waals surface area (Å²) in [6, 6.07) is 3.73. The molecule has 0 saturated heterocycles. The highest BCUT2D eigenvalue weighted by molar-refractivity contribution is 7.16. The fourth-order valence-electron chi connectivity index (χ4n) is 1.29. The number of thiazole rings is 1. The van der Waals surface area contributed by atoms with E-state index in [-0.39, 0.29) is 5.91 Å². The van der Waals surface area contributed by atoms with Gasteiger partial charge in [0.15, 0.2) is 4.47 Å². The summed E-state index contributed by atoms with van der Waals surface area (Å²) in [5.41, 5.74) is 0.380. The van der Waals surface area contributed by atoms with Gasteiger partial charge in [0.05, 0.1) is 10.9 Å². The first-order valence-electron chi connectivity index (χ1n) is 4.67. The lowest BCUT2D eigenvalue weighted by atomic mass is 10.4. The van der Waals surface area contributed by atoms with Gasteiger partial charge in [-0.3, -0.25) is 4.79 Å². The standard InChI is InChI=1S/C10H8Cl2N2OS2/c1-14(4-6-2-3-8(11)17-6)9(15)7-5-16-10(12)13-7/h2-3,5H,4H2,1H3. The third kappa shape index (κ3) is 3.19. The molecule has 3 nitrogen and oxygen atoms in total. The zero-order valence-electron chi connectivity index (χ0n) is 8.81. The lowest BCUT2D eigenvalue weighted by Gasteiger charge is -2.14. The Morgan fingerprint density at radius 3 is 2.76 bits per heavy atom. The molecule has 0 bridgehead atoms. The highest BCUT2D eigenvalue weighted by Gasteiger charge is 2.15. The molecule has 0 aliphatic carbocycles. The van der Waals surface area contributed by atoms with Gasteiger partial charge in [-0.25, -0.2) is 4.98 Å². The van der Waals surface area contributed by atoms with Crippen molar-refractivity contribution in [3.63, 3.8) is 0 Å². The molecule has 2 aromatic heterocycles. The van der Waals surface area contributed by atoms with E-state index in [2.05, 4.69) is 4.98 Å². The minimum absolute atomic E-state index is 0.141. The Hall–Kier alpha value is -0.620. The molecule has 0 N–H and O–H groups in total. The van der Waals surface area contributed by atoms with Crippen LogP contribution >= 0.6 is 45.9 Å². The molecular formula is C10H8Cl2N2OS2. The van der Waals surface area contributed by atoms with E-state index in [4.69, 9.17) is 23.2 Å². The van der Waals surface area contributed by atoms with E-state index in [1.807, 2.05) is 12.1 Å². The van der Waals surface area contributed by atoms with Crippen molar-refractivity contribution in [2.45, 2.75) is 6.54 Å². The van der Waals surface area contributed by atoms with Gasteiger partial charge in [-0.1, -0.05) is 23.2 Å². The molecule has 0 aliphatic heterocycles. The number of rotatable bonds is 3. The highest BCUT2D eigenvalue weighted by Crippen LogP contribution is 2.23. The summed E-state index contributed by atoms with van der Waals surface area (Å²) in [5, 5.41) is 1.66. The first kappa shape index (κ1) is 12.8. The topological polar surface area (TPSA) is 33.2 Å². The summed E-state index contributed by atoms with van der Waals surface area (Å²) in [4.78, 5) is 18.5. The monoisotopic (exact) mass is 306 g/mol. The third-order valence-electron chi connectivity index (χ3n) is 2.06. The van der Waals surface area contributed by atoms with Crippen LogP contribution in [0.4, 0.5) is 0 Å². The Bertz CT molecular complexity index is 538. The van der Waals surface area contributed by atoms with Gasteiger partial charge < -0.3 is 4.90 Å². The van der Waals surface area contributed by atoms with Crippen molar-refractivity contribution in [2.75, 3.05) is 7.05 Å². The van der Waals surface area contributed by atoms with E-state index < -0.39 is 0 Å². The Balaban J connectivity index is 2.05. The summed E-state index contributed by atoms with van der Waals surface area (Å²) in [5.74, 6) is -0.141. The highest BCUT2D eigenvalue weighted by atomic mass is 35.5. The van der Waals surface area contributed by atoms with Gasteiger partial charge in [0.1, 0.15) is 5.69 Å². The summed E-state index contributed by atoms with van der Waals surface area (Å²) in [6.07, 6.45) is 0. The molecule has 2 aromatic rings. The van der Waals surface area contributed by atoms with Gasteiger partial charge in [0.25, 0.3) is 5.91 Å². The molecule has 0 radical (unpaired) electrons. The molecule has 0 unspecified atom stereocenters. The van der Waals surface area contributed by atoms with Crippen molar-refractivity contribution in [1.82, 2.24) is 9.88 Å².